The standard InChI is InChI=1S/C18H22N6O2.C17H18N6O3.CH4.HI/c1-4-6-24-16(25)13-8-14(21-15(13)23-7-5-19-17(23)24)12-9-20-22(10-12)11-18(2,3)26;1-3-5-23-16(25)12-7-13(20-15(12)22-6-4-18-17(22)23)11-8-19-21(9-11)10-14(24)26-2;;/h5,7,9-10,26H,4,6,8,11H2,1-3H3;4,6,8-9H,3,5,7,10H2,1-2H3;1H4;1H. The molecule has 2 aliphatic rings. The number of halogens is 1. The summed E-state index contributed by atoms with van der Waals surface area (Å²) >= 11 is 0. The Morgan fingerprint density at radius 2 is 1.28 bits per heavy atom. The van der Waals surface area contributed by atoms with Crippen LogP contribution in [-0.4, -0.2) is 82.7 Å². The summed E-state index contributed by atoms with van der Waals surface area (Å²) in [6.07, 6.45) is 16.6. The van der Waals surface area contributed by atoms with Gasteiger partial charge in [-0.1, -0.05) is 21.3 Å². The third kappa shape index (κ3) is 7.57. The minimum absolute atomic E-state index is 0. The molecule has 0 unspecified atom stereocenters. The van der Waals surface area contributed by atoms with Gasteiger partial charge >= 0.3 is 5.97 Å². The fraction of sp³-hybridized carbons (Fsp3) is 0.417. The predicted molar refractivity (Wildman–Crippen MR) is 214 cm³/mol. The molecule has 286 valence electrons. The van der Waals surface area contributed by atoms with Crippen LogP contribution in [0.1, 0.15) is 70.2 Å². The highest BCUT2D eigenvalue weighted by molar-refractivity contribution is 14.0. The second-order valence-electron chi connectivity index (χ2n) is 13.4. The Morgan fingerprint density at radius 3 is 1.72 bits per heavy atom. The number of carbonyl (C=O) groups is 1. The molecule has 0 radical (unpaired) electrons. The Kier molecular flexibility index (Phi) is 11.8. The average Bonchev–Trinajstić information content (AvgIpc) is 3.94. The van der Waals surface area contributed by atoms with E-state index in [2.05, 4.69) is 29.9 Å². The molecule has 0 bridgehead atoms. The largest absolute Gasteiger partial charge is 0.468 e. The number of esters is 1. The smallest absolute Gasteiger partial charge is 0.327 e. The van der Waals surface area contributed by atoms with Gasteiger partial charge in [0.05, 0.1) is 54.2 Å². The van der Waals surface area contributed by atoms with Crippen LogP contribution in [0.25, 0.3) is 11.6 Å². The SMILES string of the molecule is C.CCCn1c(=O)c2c(n3ccnc13)N=C(c1cnn(CC(=O)OC)c1)C2.CCCn1c(=O)c2c(n3ccnc13)N=C(c1cnn(CC(C)(C)O)c1)C2.I. The molecule has 6 aromatic heterocycles. The van der Waals surface area contributed by atoms with E-state index >= 15 is 0 Å². The lowest BCUT2D eigenvalue weighted by molar-refractivity contribution is -0.141. The van der Waals surface area contributed by atoms with Crippen molar-refractivity contribution < 1.29 is 14.6 Å². The number of ether oxygens (including phenoxy) is 1. The van der Waals surface area contributed by atoms with Crippen LogP contribution in [0.5, 0.6) is 0 Å². The van der Waals surface area contributed by atoms with Gasteiger partial charge in [0.15, 0.2) is 0 Å². The number of rotatable bonds is 10. The fourth-order valence-corrected chi connectivity index (χ4v) is 6.51. The van der Waals surface area contributed by atoms with Crippen LogP contribution in [-0.2, 0) is 48.6 Å². The zero-order valence-corrected chi connectivity index (χ0v) is 32.5. The van der Waals surface area contributed by atoms with E-state index < -0.39 is 5.60 Å². The van der Waals surface area contributed by atoms with E-state index in [1.54, 1.807) is 58.6 Å². The molecule has 2 aliphatic heterocycles. The molecule has 0 saturated heterocycles. The monoisotopic (exact) mass is 852 g/mol. The second kappa shape index (κ2) is 16.0. The van der Waals surface area contributed by atoms with E-state index in [4.69, 9.17) is 4.99 Å². The Labute approximate surface area is 327 Å². The molecular weight excluding hydrogens is 807 g/mol. The maximum Gasteiger partial charge on any atom is 0.327 e. The lowest BCUT2D eigenvalue weighted by atomic mass is 10.1. The zero-order valence-electron chi connectivity index (χ0n) is 30.1. The minimum atomic E-state index is -0.847. The summed E-state index contributed by atoms with van der Waals surface area (Å²) in [6, 6.07) is 0. The molecule has 0 aliphatic carbocycles. The number of imidazole rings is 2. The topological polar surface area (TPSA) is 185 Å². The van der Waals surface area contributed by atoms with Gasteiger partial charge in [0.1, 0.15) is 18.2 Å². The molecule has 54 heavy (non-hydrogen) atoms. The normalized spacial score (nSPS) is 13.1. The van der Waals surface area contributed by atoms with Crippen LogP contribution >= 0.6 is 24.0 Å². The van der Waals surface area contributed by atoms with Crippen molar-refractivity contribution in [1.82, 2.24) is 47.5 Å². The molecule has 0 aromatic carbocycles. The lowest BCUT2D eigenvalue weighted by Crippen LogP contribution is -2.26. The number of aliphatic hydroxyl groups is 1. The summed E-state index contributed by atoms with van der Waals surface area (Å²) in [7, 11) is 1.34. The third-order valence-corrected chi connectivity index (χ3v) is 8.79. The van der Waals surface area contributed by atoms with Gasteiger partial charge < -0.3 is 9.84 Å². The van der Waals surface area contributed by atoms with Crippen LogP contribution in [0, 0.1) is 0 Å². The van der Waals surface area contributed by atoms with Crippen molar-refractivity contribution >= 4 is 64.6 Å². The van der Waals surface area contributed by atoms with E-state index in [1.807, 2.05) is 41.2 Å². The van der Waals surface area contributed by atoms with Crippen LogP contribution < -0.4 is 11.1 Å². The van der Waals surface area contributed by atoms with Crippen molar-refractivity contribution in [3.8, 4) is 0 Å². The molecule has 8 heterocycles. The van der Waals surface area contributed by atoms with E-state index in [9.17, 15) is 19.5 Å². The Balaban J connectivity index is 0.000000200. The number of nitrogens with zero attached hydrogens (tertiary/aromatic N) is 12. The van der Waals surface area contributed by atoms with E-state index in [1.165, 1.54) is 11.8 Å². The van der Waals surface area contributed by atoms with Gasteiger partial charge in [-0.05, 0) is 26.7 Å². The molecule has 0 amide bonds. The number of aromatic nitrogens is 10. The summed E-state index contributed by atoms with van der Waals surface area (Å²) < 4.78 is 15.0. The van der Waals surface area contributed by atoms with Crippen LogP contribution in [0.2, 0.25) is 0 Å². The van der Waals surface area contributed by atoms with E-state index in [-0.39, 0.29) is 55.0 Å². The van der Waals surface area contributed by atoms with Crippen LogP contribution in [0.15, 0.2) is 69.1 Å². The van der Waals surface area contributed by atoms with Crippen molar-refractivity contribution in [3.05, 3.63) is 92.5 Å². The average molecular weight is 853 g/mol. The highest BCUT2D eigenvalue weighted by Gasteiger charge is 2.27. The molecule has 0 spiro atoms. The highest BCUT2D eigenvalue weighted by atomic mass is 127. The molecule has 8 rings (SSSR count). The first kappa shape index (κ1) is 40.0. The zero-order chi connectivity index (χ0) is 36.7. The maximum atomic E-state index is 12.9. The summed E-state index contributed by atoms with van der Waals surface area (Å²) in [4.78, 5) is 55.2. The number of aliphatic imine (C=N–C) groups is 2. The Morgan fingerprint density at radius 1 is 0.815 bits per heavy atom. The van der Waals surface area contributed by atoms with Crippen molar-refractivity contribution in [1.29, 1.82) is 0 Å². The molecule has 0 saturated carbocycles. The lowest BCUT2D eigenvalue weighted by Gasteiger charge is -2.16. The number of fused-ring (bicyclic) bond motifs is 6. The fourth-order valence-electron chi connectivity index (χ4n) is 6.51. The number of methoxy groups -OCH3 is 1. The molecule has 18 heteroatoms. The van der Waals surface area contributed by atoms with Gasteiger partial charge in [0.2, 0.25) is 11.6 Å². The maximum absolute atomic E-state index is 12.9. The second-order valence-corrected chi connectivity index (χ2v) is 13.4. The first-order valence-corrected chi connectivity index (χ1v) is 17.2. The van der Waals surface area contributed by atoms with Crippen molar-refractivity contribution in [2.75, 3.05) is 7.11 Å². The van der Waals surface area contributed by atoms with E-state index in [0.29, 0.717) is 66.8 Å². The van der Waals surface area contributed by atoms with Gasteiger partial charge in [-0.2, -0.15) is 10.2 Å². The highest BCUT2D eigenvalue weighted by Crippen LogP contribution is 2.29. The van der Waals surface area contributed by atoms with Gasteiger partial charge in [-0.25, -0.2) is 20.0 Å². The number of aryl methyl sites for hydroxylation is 2. The van der Waals surface area contributed by atoms with Gasteiger partial charge in [0, 0.05) is 74.2 Å². The molecule has 1 N–H and O–H groups in total. The quantitative estimate of drug-likeness (QED) is 0.158. The molecule has 17 nitrogen and oxygen atoms in total. The summed E-state index contributed by atoms with van der Waals surface area (Å²) in [5.41, 5.74) is 3.61. The first-order valence-electron chi connectivity index (χ1n) is 17.2. The molecule has 6 aromatic rings. The molecular formula is C36H45IN12O5. The van der Waals surface area contributed by atoms with E-state index in [0.717, 1.165) is 35.4 Å². The first-order chi connectivity index (χ1) is 25.0. The van der Waals surface area contributed by atoms with Crippen LogP contribution in [0.4, 0.5) is 11.6 Å². The summed E-state index contributed by atoms with van der Waals surface area (Å²) in [5, 5.41) is 18.4. The Hall–Kier alpha value is -5.24. The predicted octanol–water partition coefficient (Wildman–Crippen LogP) is 3.76. The number of carbonyl (C=O) groups excluding carboxylic acids is 1. The molecule has 0 fully saturated rings. The van der Waals surface area contributed by atoms with Crippen molar-refractivity contribution in [2.45, 2.75) is 92.6 Å². The third-order valence-electron chi connectivity index (χ3n) is 8.79. The number of hydrogen-bond acceptors (Lipinski definition) is 11. The number of hydrogen-bond donors (Lipinski definition) is 1. The Bertz CT molecular complexity index is 2510. The summed E-state index contributed by atoms with van der Waals surface area (Å²) in [6.45, 7) is 9.21. The van der Waals surface area contributed by atoms with Gasteiger partial charge in [-0.3, -0.25) is 41.7 Å². The van der Waals surface area contributed by atoms with Gasteiger partial charge in [0.25, 0.3) is 11.1 Å². The van der Waals surface area contributed by atoms with Crippen LogP contribution in [0.3, 0.4) is 0 Å². The molecule has 0 atom stereocenters. The van der Waals surface area contributed by atoms with Crippen molar-refractivity contribution in [3.63, 3.8) is 0 Å². The minimum Gasteiger partial charge on any atom is -0.468 e. The van der Waals surface area contributed by atoms with Crippen molar-refractivity contribution in [2.24, 2.45) is 9.98 Å². The van der Waals surface area contributed by atoms with Gasteiger partial charge in [-0.15, -0.1) is 24.0 Å². The summed E-state index contributed by atoms with van der Waals surface area (Å²) in [5.74, 6) is 2.12.